The minimum Gasteiger partial charge on any atom is -0.306 e. The van der Waals surface area contributed by atoms with Crippen LogP contribution in [0.5, 0.6) is 0 Å². The van der Waals surface area contributed by atoms with Gasteiger partial charge in [0, 0.05) is 18.7 Å². The van der Waals surface area contributed by atoms with Gasteiger partial charge in [0.15, 0.2) is 0 Å². The molecule has 0 heterocycles. The summed E-state index contributed by atoms with van der Waals surface area (Å²) in [6, 6.07) is 10.6. The summed E-state index contributed by atoms with van der Waals surface area (Å²) in [6.45, 7) is 2.09. The van der Waals surface area contributed by atoms with E-state index in [2.05, 4.69) is 5.32 Å². The number of halogens is 2. The third-order valence-electron chi connectivity index (χ3n) is 3.22. The largest absolute Gasteiger partial charge is 0.306 e. The Bertz CT molecular complexity index is 664. The SMILES string of the molecule is C[C@H](NCc1c(Cl)cccc1[N+](=O)[O-])c1cccc(F)c1. The Labute approximate surface area is 126 Å². The fourth-order valence-electron chi connectivity index (χ4n) is 2.04. The average Bonchev–Trinajstić information content (AvgIpc) is 2.45. The zero-order valence-corrected chi connectivity index (χ0v) is 12.1. The Hall–Kier alpha value is -1.98. The number of nitro groups is 1. The molecule has 6 heteroatoms. The maximum Gasteiger partial charge on any atom is 0.275 e. The van der Waals surface area contributed by atoms with Crippen molar-refractivity contribution in [1.82, 2.24) is 5.32 Å². The average molecular weight is 309 g/mol. The van der Waals surface area contributed by atoms with E-state index in [0.29, 0.717) is 10.6 Å². The fraction of sp³-hybridized carbons (Fsp3) is 0.200. The summed E-state index contributed by atoms with van der Waals surface area (Å²) in [5.74, 6) is -0.315. The van der Waals surface area contributed by atoms with Crippen LogP contribution in [0, 0.1) is 15.9 Å². The van der Waals surface area contributed by atoms with Gasteiger partial charge in [0.25, 0.3) is 5.69 Å². The lowest BCUT2D eigenvalue weighted by molar-refractivity contribution is -0.385. The normalized spacial score (nSPS) is 12.1. The van der Waals surface area contributed by atoms with E-state index >= 15 is 0 Å². The van der Waals surface area contributed by atoms with Crippen molar-refractivity contribution >= 4 is 17.3 Å². The Kier molecular flexibility index (Phi) is 4.88. The molecule has 0 aliphatic rings. The molecular formula is C15H14ClFN2O2. The molecule has 0 amide bonds. The molecular weight excluding hydrogens is 295 g/mol. The summed E-state index contributed by atoms with van der Waals surface area (Å²) in [7, 11) is 0. The maximum absolute atomic E-state index is 13.2. The van der Waals surface area contributed by atoms with Gasteiger partial charge >= 0.3 is 0 Å². The highest BCUT2D eigenvalue weighted by Gasteiger charge is 2.17. The van der Waals surface area contributed by atoms with E-state index in [-0.39, 0.29) is 24.1 Å². The lowest BCUT2D eigenvalue weighted by atomic mass is 10.1. The minimum absolute atomic E-state index is 0.0264. The number of benzene rings is 2. The Morgan fingerprint density at radius 1 is 1.33 bits per heavy atom. The zero-order chi connectivity index (χ0) is 15.4. The molecule has 2 rings (SSSR count). The molecule has 1 N–H and O–H groups in total. The lowest BCUT2D eigenvalue weighted by Gasteiger charge is -2.15. The predicted octanol–water partition coefficient (Wildman–Crippen LogP) is 4.24. The van der Waals surface area contributed by atoms with Crippen LogP contribution in [-0.2, 0) is 6.54 Å². The maximum atomic E-state index is 13.2. The second kappa shape index (κ2) is 6.65. The first-order valence-electron chi connectivity index (χ1n) is 6.39. The summed E-state index contributed by atoms with van der Waals surface area (Å²) in [5, 5.41) is 14.5. The van der Waals surface area contributed by atoms with Gasteiger partial charge in [0.05, 0.1) is 15.5 Å². The van der Waals surface area contributed by atoms with Gasteiger partial charge in [-0.25, -0.2) is 4.39 Å². The molecule has 21 heavy (non-hydrogen) atoms. The highest BCUT2D eigenvalue weighted by molar-refractivity contribution is 6.31. The van der Waals surface area contributed by atoms with Gasteiger partial charge < -0.3 is 5.32 Å². The molecule has 0 aliphatic carbocycles. The summed E-state index contributed by atoms with van der Waals surface area (Å²) in [6.07, 6.45) is 0. The Morgan fingerprint density at radius 3 is 2.71 bits per heavy atom. The van der Waals surface area contributed by atoms with Crippen LogP contribution in [0.3, 0.4) is 0 Å². The first-order chi connectivity index (χ1) is 9.99. The van der Waals surface area contributed by atoms with Crippen molar-refractivity contribution < 1.29 is 9.31 Å². The van der Waals surface area contributed by atoms with E-state index in [1.807, 2.05) is 6.92 Å². The van der Waals surface area contributed by atoms with Crippen LogP contribution in [0.4, 0.5) is 10.1 Å². The van der Waals surface area contributed by atoms with E-state index in [4.69, 9.17) is 11.6 Å². The van der Waals surface area contributed by atoms with Gasteiger partial charge in [-0.15, -0.1) is 0 Å². The molecule has 4 nitrogen and oxygen atoms in total. The third kappa shape index (κ3) is 3.77. The molecule has 0 spiro atoms. The Balaban J connectivity index is 2.15. The van der Waals surface area contributed by atoms with E-state index in [1.54, 1.807) is 24.3 Å². The molecule has 2 aromatic carbocycles. The highest BCUT2D eigenvalue weighted by atomic mass is 35.5. The fourth-order valence-corrected chi connectivity index (χ4v) is 2.28. The molecule has 1 atom stereocenters. The minimum atomic E-state index is -0.463. The van der Waals surface area contributed by atoms with Gasteiger partial charge in [-0.1, -0.05) is 29.8 Å². The number of hydrogen-bond donors (Lipinski definition) is 1. The second-order valence-corrected chi connectivity index (χ2v) is 5.06. The summed E-state index contributed by atoms with van der Waals surface area (Å²) < 4.78 is 13.2. The van der Waals surface area contributed by atoms with Crippen molar-refractivity contribution in [2.45, 2.75) is 19.5 Å². The first kappa shape index (κ1) is 15.4. The Morgan fingerprint density at radius 2 is 2.05 bits per heavy atom. The van der Waals surface area contributed by atoms with Crippen LogP contribution in [0.2, 0.25) is 5.02 Å². The molecule has 0 saturated carbocycles. The van der Waals surface area contributed by atoms with Crippen LogP contribution >= 0.6 is 11.6 Å². The quantitative estimate of drug-likeness (QED) is 0.664. The molecule has 0 radical (unpaired) electrons. The monoisotopic (exact) mass is 308 g/mol. The van der Waals surface area contributed by atoms with Crippen molar-refractivity contribution in [2.24, 2.45) is 0 Å². The lowest BCUT2D eigenvalue weighted by Crippen LogP contribution is -2.19. The van der Waals surface area contributed by atoms with Crippen molar-refractivity contribution in [3.63, 3.8) is 0 Å². The van der Waals surface area contributed by atoms with Gasteiger partial charge in [-0.05, 0) is 30.7 Å². The molecule has 110 valence electrons. The topological polar surface area (TPSA) is 55.2 Å². The molecule has 0 fully saturated rings. The van der Waals surface area contributed by atoms with Crippen LogP contribution in [-0.4, -0.2) is 4.92 Å². The predicted molar refractivity (Wildman–Crippen MR) is 79.8 cm³/mol. The van der Waals surface area contributed by atoms with Gasteiger partial charge in [0.1, 0.15) is 5.82 Å². The van der Waals surface area contributed by atoms with E-state index < -0.39 is 4.92 Å². The smallest absolute Gasteiger partial charge is 0.275 e. The molecule has 0 aliphatic heterocycles. The number of nitrogens with one attached hydrogen (secondary N) is 1. The van der Waals surface area contributed by atoms with Crippen LogP contribution in [0.15, 0.2) is 42.5 Å². The van der Waals surface area contributed by atoms with Gasteiger partial charge in [-0.2, -0.15) is 0 Å². The number of hydrogen-bond acceptors (Lipinski definition) is 3. The number of nitro benzene ring substituents is 1. The second-order valence-electron chi connectivity index (χ2n) is 4.65. The zero-order valence-electron chi connectivity index (χ0n) is 11.3. The third-order valence-corrected chi connectivity index (χ3v) is 3.58. The summed E-state index contributed by atoms with van der Waals surface area (Å²) in [4.78, 5) is 10.5. The van der Waals surface area contributed by atoms with Crippen molar-refractivity contribution in [2.75, 3.05) is 0 Å². The first-order valence-corrected chi connectivity index (χ1v) is 6.77. The van der Waals surface area contributed by atoms with E-state index in [0.717, 1.165) is 5.56 Å². The van der Waals surface area contributed by atoms with E-state index in [9.17, 15) is 14.5 Å². The highest BCUT2D eigenvalue weighted by Crippen LogP contribution is 2.26. The molecule has 0 unspecified atom stereocenters. The van der Waals surface area contributed by atoms with Crippen LogP contribution < -0.4 is 5.32 Å². The summed E-state index contributed by atoms with van der Waals surface area (Å²) >= 11 is 6.02. The molecule has 0 aromatic heterocycles. The molecule has 0 bridgehead atoms. The van der Waals surface area contributed by atoms with E-state index in [1.165, 1.54) is 18.2 Å². The van der Waals surface area contributed by atoms with Crippen molar-refractivity contribution in [3.8, 4) is 0 Å². The molecule has 0 saturated heterocycles. The van der Waals surface area contributed by atoms with Crippen LogP contribution in [0.25, 0.3) is 0 Å². The standard InChI is InChI=1S/C15H14ClFN2O2/c1-10(11-4-2-5-12(17)8-11)18-9-13-14(16)6-3-7-15(13)19(20)21/h2-8,10,18H,9H2,1H3/t10-/m0/s1. The van der Waals surface area contributed by atoms with Gasteiger partial charge in [-0.3, -0.25) is 10.1 Å². The number of rotatable bonds is 5. The van der Waals surface area contributed by atoms with Crippen LogP contribution in [0.1, 0.15) is 24.1 Å². The molecule has 2 aromatic rings. The summed E-state index contributed by atoms with van der Waals surface area (Å²) in [5.41, 5.74) is 1.17. The number of nitrogens with zero attached hydrogens (tertiary/aromatic N) is 1. The van der Waals surface area contributed by atoms with Gasteiger partial charge in [0.2, 0.25) is 0 Å². The van der Waals surface area contributed by atoms with Crippen molar-refractivity contribution in [1.29, 1.82) is 0 Å². The van der Waals surface area contributed by atoms with Crippen molar-refractivity contribution in [3.05, 3.63) is 74.5 Å².